The van der Waals surface area contributed by atoms with E-state index in [4.69, 9.17) is 9.90 Å². The first-order valence-corrected chi connectivity index (χ1v) is 10.3. The molecule has 7 nitrogen and oxygen atoms in total. The molecule has 0 atom stereocenters. The lowest BCUT2D eigenvalue weighted by atomic mass is 10.2. The predicted octanol–water partition coefficient (Wildman–Crippen LogP) is 4.37. The quantitative estimate of drug-likeness (QED) is 0.574. The van der Waals surface area contributed by atoms with Crippen molar-refractivity contribution in [3.8, 4) is 0 Å². The van der Waals surface area contributed by atoms with Crippen LogP contribution in [-0.2, 0) is 22.6 Å². The van der Waals surface area contributed by atoms with Crippen molar-refractivity contribution in [3.05, 3.63) is 46.2 Å². The molecule has 0 radical (unpaired) electrons. The number of benzene rings is 1. The Hall–Kier alpha value is -2.95. The number of imidazole rings is 1. The van der Waals surface area contributed by atoms with Gasteiger partial charge in [-0.15, -0.1) is 11.3 Å². The number of aromatic nitrogens is 3. The molecule has 0 aliphatic heterocycles. The van der Waals surface area contributed by atoms with E-state index in [9.17, 15) is 18.0 Å². The second-order valence-electron chi connectivity index (χ2n) is 7.09. The van der Waals surface area contributed by atoms with E-state index in [1.54, 1.807) is 16.2 Å². The van der Waals surface area contributed by atoms with Crippen LogP contribution in [-0.4, -0.2) is 50.1 Å². The summed E-state index contributed by atoms with van der Waals surface area (Å²) in [6.45, 7) is 4.82. The van der Waals surface area contributed by atoms with Gasteiger partial charge in [-0.05, 0) is 12.1 Å². The fourth-order valence-corrected chi connectivity index (χ4v) is 3.36. The summed E-state index contributed by atoms with van der Waals surface area (Å²) in [7, 11) is 1.83. The van der Waals surface area contributed by atoms with E-state index in [-0.39, 0.29) is 5.91 Å². The number of carbonyl (C=O) groups excluding carboxylic acids is 1. The van der Waals surface area contributed by atoms with Crippen LogP contribution in [0, 0.1) is 0 Å². The lowest BCUT2D eigenvalue weighted by Crippen LogP contribution is -2.26. The molecule has 31 heavy (non-hydrogen) atoms. The minimum atomic E-state index is -5.08. The topological polar surface area (TPSA) is 99.2 Å². The van der Waals surface area contributed by atoms with Gasteiger partial charge in [0.25, 0.3) is 0 Å². The van der Waals surface area contributed by atoms with E-state index < -0.39 is 12.1 Å². The van der Waals surface area contributed by atoms with Crippen molar-refractivity contribution in [2.45, 2.75) is 45.3 Å². The Morgan fingerprint density at radius 1 is 1.23 bits per heavy atom. The first-order chi connectivity index (χ1) is 14.5. The highest BCUT2D eigenvalue weighted by atomic mass is 32.1. The first kappa shape index (κ1) is 24.3. The average Bonchev–Trinajstić information content (AvgIpc) is 3.32. The van der Waals surface area contributed by atoms with Gasteiger partial charge in [0.05, 0.1) is 28.3 Å². The number of aliphatic carboxylic acids is 1. The monoisotopic (exact) mass is 456 g/mol. The molecule has 0 saturated heterocycles. The molecule has 2 aromatic heterocycles. The lowest BCUT2D eigenvalue weighted by Gasteiger charge is -2.15. The zero-order chi connectivity index (χ0) is 23.2. The van der Waals surface area contributed by atoms with Gasteiger partial charge >= 0.3 is 12.1 Å². The molecule has 168 valence electrons. The molecule has 0 bridgehead atoms. The molecule has 0 spiro atoms. The highest BCUT2D eigenvalue weighted by molar-refractivity contribution is 7.09. The minimum Gasteiger partial charge on any atom is -0.475 e. The number of H-pyrrole nitrogens is 1. The van der Waals surface area contributed by atoms with Crippen molar-refractivity contribution >= 4 is 34.2 Å². The third-order valence-corrected chi connectivity index (χ3v) is 5.34. The van der Waals surface area contributed by atoms with Crippen LogP contribution < -0.4 is 0 Å². The zero-order valence-electron chi connectivity index (χ0n) is 17.2. The highest BCUT2D eigenvalue weighted by Crippen LogP contribution is 2.20. The van der Waals surface area contributed by atoms with Crippen LogP contribution in [0.5, 0.6) is 0 Å². The Balaban J connectivity index is 0.000000423. The van der Waals surface area contributed by atoms with Gasteiger partial charge in [-0.1, -0.05) is 26.0 Å². The van der Waals surface area contributed by atoms with Gasteiger partial charge in [0, 0.05) is 31.2 Å². The number of para-hydroxylation sites is 2. The molecule has 1 aromatic carbocycles. The summed E-state index contributed by atoms with van der Waals surface area (Å²) in [5, 5.41) is 10.3. The number of alkyl halides is 3. The molecule has 3 aromatic rings. The summed E-state index contributed by atoms with van der Waals surface area (Å²) in [6.07, 6.45) is -4.02. The molecule has 0 aliphatic rings. The Kier molecular flexibility index (Phi) is 8.14. The number of carbonyl (C=O) groups is 2. The van der Waals surface area contributed by atoms with Crippen molar-refractivity contribution in [2.75, 3.05) is 7.05 Å². The fraction of sp³-hybridized carbons (Fsp3) is 0.400. The summed E-state index contributed by atoms with van der Waals surface area (Å²) in [5.41, 5.74) is 2.91. The van der Waals surface area contributed by atoms with E-state index in [2.05, 4.69) is 28.8 Å². The van der Waals surface area contributed by atoms with Crippen molar-refractivity contribution < 1.29 is 27.9 Å². The van der Waals surface area contributed by atoms with E-state index in [1.165, 1.54) is 0 Å². The van der Waals surface area contributed by atoms with Crippen LogP contribution in [0.2, 0.25) is 0 Å². The predicted molar refractivity (Wildman–Crippen MR) is 111 cm³/mol. The number of nitrogens with one attached hydrogen (secondary N) is 1. The number of nitrogens with zero attached hydrogens (tertiary/aromatic N) is 3. The number of aromatic amines is 1. The van der Waals surface area contributed by atoms with Gasteiger partial charge < -0.3 is 15.0 Å². The minimum absolute atomic E-state index is 0.106. The summed E-state index contributed by atoms with van der Waals surface area (Å²) >= 11 is 1.66. The van der Waals surface area contributed by atoms with Crippen molar-refractivity contribution in [1.29, 1.82) is 0 Å². The number of carboxylic acids is 1. The molecule has 2 N–H and O–H groups in total. The maximum atomic E-state index is 12.3. The SMILES string of the molecule is CC(C)c1nc(CN(C)C(=O)CCc2nc3ccccc3[nH]2)cs1.O=C(O)C(F)(F)F. The standard InChI is InChI=1S/C18H22N4OS.C2HF3O2/c1-12(2)18-19-13(11-24-18)10-22(3)17(23)9-8-16-20-14-6-4-5-7-15(14)21-16;3-2(4,5)1(6)7/h4-7,11-12H,8-10H2,1-3H3,(H,20,21);(H,6,7). The van der Waals surface area contributed by atoms with E-state index in [0.29, 0.717) is 25.3 Å². The number of hydrogen-bond acceptors (Lipinski definition) is 5. The Bertz CT molecular complexity index is 997. The first-order valence-electron chi connectivity index (χ1n) is 9.39. The van der Waals surface area contributed by atoms with E-state index in [1.807, 2.05) is 36.7 Å². The van der Waals surface area contributed by atoms with Gasteiger partial charge in [0.2, 0.25) is 5.91 Å². The van der Waals surface area contributed by atoms with Crippen LogP contribution in [0.15, 0.2) is 29.6 Å². The molecule has 0 saturated carbocycles. The number of halogens is 3. The fourth-order valence-electron chi connectivity index (χ4n) is 2.53. The molecule has 2 heterocycles. The molecule has 1 amide bonds. The van der Waals surface area contributed by atoms with Gasteiger partial charge in [-0.2, -0.15) is 13.2 Å². The van der Waals surface area contributed by atoms with Crippen LogP contribution in [0.1, 0.15) is 42.7 Å². The number of aryl methyl sites for hydroxylation is 1. The van der Waals surface area contributed by atoms with Crippen molar-refractivity contribution in [3.63, 3.8) is 0 Å². The third kappa shape index (κ3) is 7.35. The molecular weight excluding hydrogens is 433 g/mol. The normalized spacial score (nSPS) is 11.3. The van der Waals surface area contributed by atoms with Crippen LogP contribution >= 0.6 is 11.3 Å². The molecule has 0 unspecified atom stereocenters. The molecule has 11 heteroatoms. The Morgan fingerprint density at radius 2 is 1.87 bits per heavy atom. The van der Waals surface area contributed by atoms with E-state index in [0.717, 1.165) is 27.6 Å². The zero-order valence-corrected chi connectivity index (χ0v) is 18.0. The van der Waals surface area contributed by atoms with Gasteiger partial charge in [-0.25, -0.2) is 14.8 Å². The average molecular weight is 456 g/mol. The number of hydrogen-bond donors (Lipinski definition) is 2. The highest BCUT2D eigenvalue weighted by Gasteiger charge is 2.38. The summed E-state index contributed by atoms with van der Waals surface area (Å²) in [5.74, 6) is -1.37. The van der Waals surface area contributed by atoms with Crippen molar-refractivity contribution in [1.82, 2.24) is 19.9 Å². The third-order valence-electron chi connectivity index (χ3n) is 4.14. The Morgan fingerprint density at radius 3 is 2.42 bits per heavy atom. The van der Waals surface area contributed by atoms with Gasteiger partial charge in [-0.3, -0.25) is 4.79 Å². The largest absolute Gasteiger partial charge is 0.490 e. The number of rotatable bonds is 6. The second kappa shape index (κ2) is 10.4. The second-order valence-corrected chi connectivity index (χ2v) is 7.97. The molecule has 0 aliphatic carbocycles. The van der Waals surface area contributed by atoms with Crippen LogP contribution in [0.25, 0.3) is 11.0 Å². The maximum absolute atomic E-state index is 12.3. The lowest BCUT2D eigenvalue weighted by molar-refractivity contribution is -0.192. The molecule has 3 rings (SSSR count). The molecule has 0 fully saturated rings. The number of carboxylic acid groups (broad SMARTS) is 1. The van der Waals surface area contributed by atoms with Crippen molar-refractivity contribution in [2.24, 2.45) is 0 Å². The summed E-state index contributed by atoms with van der Waals surface area (Å²) in [4.78, 5) is 35.3. The van der Waals surface area contributed by atoms with Crippen LogP contribution in [0.3, 0.4) is 0 Å². The number of amides is 1. The summed E-state index contributed by atoms with van der Waals surface area (Å²) in [6, 6.07) is 7.90. The van der Waals surface area contributed by atoms with E-state index >= 15 is 0 Å². The van der Waals surface area contributed by atoms with Gasteiger partial charge in [0.1, 0.15) is 5.82 Å². The Labute approximate surface area is 180 Å². The number of thiazole rings is 1. The maximum Gasteiger partial charge on any atom is 0.490 e. The van der Waals surface area contributed by atoms with Gasteiger partial charge in [0.15, 0.2) is 0 Å². The smallest absolute Gasteiger partial charge is 0.475 e. The van der Waals surface area contributed by atoms with Crippen LogP contribution in [0.4, 0.5) is 13.2 Å². The molecular formula is C20H23F3N4O3S. The summed E-state index contributed by atoms with van der Waals surface area (Å²) < 4.78 is 31.7. The number of fused-ring (bicyclic) bond motifs is 1.